The van der Waals surface area contributed by atoms with Gasteiger partial charge in [0, 0.05) is 24.0 Å². The number of carbonyl (C=O) groups excluding carboxylic acids is 1. The summed E-state index contributed by atoms with van der Waals surface area (Å²) in [4.78, 5) is 14.1. The molecule has 1 aromatic carbocycles. The molecule has 0 aromatic heterocycles. The van der Waals surface area contributed by atoms with Crippen LogP contribution in [-0.2, 0) is 11.3 Å². The summed E-state index contributed by atoms with van der Waals surface area (Å²) in [5.74, 6) is 0.137. The number of nitrogens with zero attached hydrogens (tertiary/aromatic N) is 1. The smallest absolute Gasteiger partial charge is 0.223 e. The fraction of sp³-hybridized carbons (Fsp3) is 0.533. The summed E-state index contributed by atoms with van der Waals surface area (Å²) < 4.78 is 0. The molecule has 1 atom stereocenters. The van der Waals surface area contributed by atoms with Crippen LogP contribution in [0.4, 0.5) is 0 Å². The molecule has 1 N–H and O–H groups in total. The molecule has 0 radical (unpaired) electrons. The second kappa shape index (κ2) is 6.40. The van der Waals surface area contributed by atoms with Crippen LogP contribution < -0.4 is 0 Å². The molecule has 0 bridgehead atoms. The molecule has 0 saturated heterocycles. The lowest BCUT2D eigenvalue weighted by Crippen LogP contribution is -2.32. The van der Waals surface area contributed by atoms with E-state index in [-0.39, 0.29) is 5.91 Å². The lowest BCUT2D eigenvalue weighted by atomic mass is 10.1. The van der Waals surface area contributed by atoms with E-state index in [1.54, 1.807) is 6.92 Å². The molecular weight excluding hydrogens is 262 g/mol. The van der Waals surface area contributed by atoms with E-state index in [0.29, 0.717) is 30.5 Å². The molecule has 1 amide bonds. The predicted molar refractivity (Wildman–Crippen MR) is 75.9 cm³/mol. The Morgan fingerprint density at radius 3 is 2.58 bits per heavy atom. The third-order valence-corrected chi connectivity index (χ3v) is 3.60. The van der Waals surface area contributed by atoms with Gasteiger partial charge in [0.2, 0.25) is 5.91 Å². The van der Waals surface area contributed by atoms with Crippen LogP contribution in [0, 0.1) is 0 Å². The van der Waals surface area contributed by atoms with Gasteiger partial charge in [-0.25, -0.2) is 0 Å². The molecule has 3 nitrogen and oxygen atoms in total. The molecule has 1 aliphatic rings. The molecule has 1 aliphatic carbocycles. The zero-order valence-electron chi connectivity index (χ0n) is 11.2. The normalized spacial score (nSPS) is 16.2. The van der Waals surface area contributed by atoms with Gasteiger partial charge in [0.25, 0.3) is 0 Å². The first-order valence-corrected chi connectivity index (χ1v) is 7.16. The van der Waals surface area contributed by atoms with Gasteiger partial charge in [-0.3, -0.25) is 4.79 Å². The number of aliphatic hydroxyl groups excluding tert-OH is 1. The van der Waals surface area contributed by atoms with E-state index in [9.17, 15) is 9.90 Å². The van der Waals surface area contributed by atoms with Crippen LogP contribution in [0.15, 0.2) is 24.3 Å². The molecule has 1 fully saturated rings. The van der Waals surface area contributed by atoms with Crippen LogP contribution in [0.25, 0.3) is 0 Å². The Balaban J connectivity index is 1.96. The van der Waals surface area contributed by atoms with Gasteiger partial charge in [-0.05, 0) is 43.9 Å². The lowest BCUT2D eigenvalue weighted by Gasteiger charge is -2.23. The first kappa shape index (κ1) is 14.4. The topological polar surface area (TPSA) is 40.5 Å². The van der Waals surface area contributed by atoms with E-state index >= 15 is 0 Å². The van der Waals surface area contributed by atoms with Crippen LogP contribution in [0.5, 0.6) is 0 Å². The summed E-state index contributed by atoms with van der Waals surface area (Å²) in [5, 5.41) is 9.98. The quantitative estimate of drug-likeness (QED) is 0.871. The van der Waals surface area contributed by atoms with Gasteiger partial charge in [0.1, 0.15) is 0 Å². The average Bonchev–Trinajstić information content (AvgIpc) is 3.19. The van der Waals surface area contributed by atoms with Gasteiger partial charge in [-0.15, -0.1) is 0 Å². The summed E-state index contributed by atoms with van der Waals surface area (Å²) in [6.45, 7) is 2.36. The summed E-state index contributed by atoms with van der Waals surface area (Å²) in [6.07, 6.45) is 2.72. The number of benzene rings is 1. The minimum atomic E-state index is -0.416. The van der Waals surface area contributed by atoms with E-state index in [4.69, 9.17) is 11.6 Å². The number of rotatable bonds is 6. The Morgan fingerprint density at radius 1 is 1.42 bits per heavy atom. The number of amides is 1. The number of hydrogen-bond acceptors (Lipinski definition) is 2. The van der Waals surface area contributed by atoms with Crippen molar-refractivity contribution in [1.29, 1.82) is 0 Å². The van der Waals surface area contributed by atoms with Crippen LogP contribution in [-0.4, -0.2) is 28.1 Å². The van der Waals surface area contributed by atoms with Crippen molar-refractivity contribution in [2.24, 2.45) is 0 Å². The minimum absolute atomic E-state index is 0.137. The van der Waals surface area contributed by atoms with Gasteiger partial charge in [-0.1, -0.05) is 23.7 Å². The molecule has 1 saturated carbocycles. The van der Waals surface area contributed by atoms with Gasteiger partial charge in [0.05, 0.1) is 6.10 Å². The standard InChI is InChI=1S/C15H20ClNO2/c1-11(18)2-9-15(19)17(14-7-8-14)10-12-3-5-13(16)6-4-12/h3-6,11,14,18H,2,7-10H2,1H3. The van der Waals surface area contributed by atoms with Crippen LogP contribution >= 0.6 is 11.6 Å². The molecule has 104 valence electrons. The largest absolute Gasteiger partial charge is 0.393 e. The van der Waals surface area contributed by atoms with Crippen molar-refractivity contribution in [2.45, 2.75) is 51.3 Å². The highest BCUT2D eigenvalue weighted by Crippen LogP contribution is 2.29. The van der Waals surface area contributed by atoms with Gasteiger partial charge in [0.15, 0.2) is 0 Å². The SMILES string of the molecule is CC(O)CCC(=O)N(Cc1ccc(Cl)cc1)C1CC1. The molecule has 1 aromatic rings. The lowest BCUT2D eigenvalue weighted by molar-refractivity contribution is -0.133. The van der Waals surface area contributed by atoms with Crippen molar-refractivity contribution in [1.82, 2.24) is 4.90 Å². The van der Waals surface area contributed by atoms with Crippen molar-refractivity contribution in [2.75, 3.05) is 0 Å². The summed E-state index contributed by atoms with van der Waals surface area (Å²) in [7, 11) is 0. The molecule has 1 unspecified atom stereocenters. The molecule has 0 aliphatic heterocycles. The Bertz CT molecular complexity index is 426. The van der Waals surface area contributed by atoms with E-state index in [1.165, 1.54) is 0 Å². The van der Waals surface area contributed by atoms with Crippen LogP contribution in [0.3, 0.4) is 0 Å². The zero-order chi connectivity index (χ0) is 13.8. The third-order valence-electron chi connectivity index (χ3n) is 3.35. The van der Waals surface area contributed by atoms with E-state index in [1.807, 2.05) is 29.2 Å². The van der Waals surface area contributed by atoms with Crippen molar-refractivity contribution in [3.8, 4) is 0 Å². The minimum Gasteiger partial charge on any atom is -0.393 e. The fourth-order valence-corrected chi connectivity index (χ4v) is 2.20. The first-order valence-electron chi connectivity index (χ1n) is 6.78. The van der Waals surface area contributed by atoms with Gasteiger partial charge >= 0.3 is 0 Å². The average molecular weight is 282 g/mol. The van der Waals surface area contributed by atoms with Crippen molar-refractivity contribution in [3.63, 3.8) is 0 Å². The second-order valence-corrected chi connectivity index (χ2v) is 5.70. The Labute approximate surface area is 119 Å². The summed E-state index contributed by atoms with van der Waals surface area (Å²) in [5.41, 5.74) is 1.10. The van der Waals surface area contributed by atoms with Crippen LogP contribution in [0.2, 0.25) is 5.02 Å². The monoisotopic (exact) mass is 281 g/mol. The Morgan fingerprint density at radius 2 is 2.05 bits per heavy atom. The Hall–Kier alpha value is -1.06. The first-order chi connectivity index (χ1) is 9.06. The number of carbonyl (C=O) groups is 1. The fourth-order valence-electron chi connectivity index (χ4n) is 2.07. The zero-order valence-corrected chi connectivity index (χ0v) is 11.9. The number of hydrogen-bond donors (Lipinski definition) is 1. The van der Waals surface area contributed by atoms with Crippen molar-refractivity contribution < 1.29 is 9.90 Å². The van der Waals surface area contributed by atoms with Gasteiger partial charge in [-0.2, -0.15) is 0 Å². The number of aliphatic hydroxyl groups is 1. The number of halogens is 1. The molecule has 19 heavy (non-hydrogen) atoms. The van der Waals surface area contributed by atoms with E-state index in [2.05, 4.69) is 0 Å². The molecule has 2 rings (SSSR count). The second-order valence-electron chi connectivity index (χ2n) is 5.27. The highest BCUT2D eigenvalue weighted by Gasteiger charge is 2.32. The highest BCUT2D eigenvalue weighted by molar-refractivity contribution is 6.30. The third kappa shape index (κ3) is 4.51. The molecule has 4 heteroatoms. The molecule has 0 spiro atoms. The Kier molecular flexibility index (Phi) is 4.83. The maximum absolute atomic E-state index is 12.2. The molecule has 0 heterocycles. The van der Waals surface area contributed by atoms with E-state index < -0.39 is 6.10 Å². The maximum Gasteiger partial charge on any atom is 0.223 e. The molecular formula is C15H20ClNO2. The van der Waals surface area contributed by atoms with Gasteiger partial charge < -0.3 is 10.0 Å². The summed E-state index contributed by atoms with van der Waals surface area (Å²) in [6, 6.07) is 8.00. The predicted octanol–water partition coefficient (Wildman–Crippen LogP) is 2.99. The van der Waals surface area contributed by atoms with Crippen molar-refractivity contribution in [3.05, 3.63) is 34.9 Å². The van der Waals surface area contributed by atoms with E-state index in [0.717, 1.165) is 18.4 Å². The van der Waals surface area contributed by atoms with Crippen LogP contribution in [0.1, 0.15) is 38.2 Å². The summed E-state index contributed by atoms with van der Waals surface area (Å²) >= 11 is 5.86. The highest BCUT2D eigenvalue weighted by atomic mass is 35.5. The van der Waals surface area contributed by atoms with Crippen molar-refractivity contribution >= 4 is 17.5 Å². The maximum atomic E-state index is 12.2.